The van der Waals surface area contributed by atoms with Crippen LogP contribution in [0, 0.1) is 25.2 Å². The molecule has 0 aliphatic heterocycles. The summed E-state index contributed by atoms with van der Waals surface area (Å²) in [6, 6.07) is 23.9. The van der Waals surface area contributed by atoms with E-state index in [9.17, 15) is 72.6 Å². The average Bonchev–Trinajstić information content (AvgIpc) is 3.91. The fourth-order valence-electron chi connectivity index (χ4n) is 8.11. The number of carboxylic acid groups (broad SMARTS) is 1. The molecular weight excluding hydrogens is 1100 g/mol. The van der Waals surface area contributed by atoms with Crippen molar-refractivity contribution in [3.63, 3.8) is 0 Å². The first kappa shape index (κ1) is 57.8. The van der Waals surface area contributed by atoms with Gasteiger partial charge in [0.1, 0.15) is 40.0 Å². The molecule has 81 heavy (non-hydrogen) atoms. The summed E-state index contributed by atoms with van der Waals surface area (Å²) in [6.07, 6.45) is -13.5. The summed E-state index contributed by atoms with van der Waals surface area (Å²) in [5.74, 6) is -1.78. The highest BCUT2D eigenvalue weighted by atomic mass is 19.4. The smallest absolute Gasteiger partial charge is 0.478 e. The molecular formula is C54H42F12N8O7. The van der Waals surface area contributed by atoms with E-state index >= 15 is 0 Å². The Labute approximate surface area is 450 Å². The lowest BCUT2D eigenvalue weighted by Crippen LogP contribution is -2.35. The molecule has 0 spiro atoms. The summed E-state index contributed by atoms with van der Waals surface area (Å²) < 4.78 is 174. The number of nitrogens with zero attached hydrogens (tertiary/aromatic N) is 5. The van der Waals surface area contributed by atoms with Gasteiger partial charge in [0.15, 0.2) is 11.3 Å². The second-order valence-corrected chi connectivity index (χ2v) is 18.2. The number of fused-ring (bicyclic) bond motifs is 2. The van der Waals surface area contributed by atoms with Gasteiger partial charge in [0.05, 0.1) is 72.0 Å². The molecule has 0 atom stereocenters. The minimum atomic E-state index is -4.86. The second-order valence-electron chi connectivity index (χ2n) is 18.2. The van der Waals surface area contributed by atoms with E-state index in [4.69, 9.17) is 9.47 Å². The number of imidazole rings is 2. The number of halogens is 12. The number of aryl methyl sites for hydroxylation is 2. The summed E-state index contributed by atoms with van der Waals surface area (Å²) >= 11 is 0. The van der Waals surface area contributed by atoms with E-state index < -0.39 is 74.0 Å². The highest BCUT2D eigenvalue weighted by Gasteiger charge is 2.45. The van der Waals surface area contributed by atoms with Crippen LogP contribution in [0.25, 0.3) is 33.8 Å². The summed E-state index contributed by atoms with van der Waals surface area (Å²) in [5.41, 5.74) is 4.04. The van der Waals surface area contributed by atoms with Crippen molar-refractivity contribution in [3.05, 3.63) is 144 Å². The molecule has 1 fully saturated rings. The molecule has 4 N–H and O–H groups in total. The Morgan fingerprint density at radius 1 is 0.593 bits per heavy atom. The number of rotatable bonds is 17. The van der Waals surface area contributed by atoms with Gasteiger partial charge in [-0.15, -0.1) is 26.3 Å². The van der Waals surface area contributed by atoms with Gasteiger partial charge in [-0.1, -0.05) is 12.1 Å². The maximum Gasteiger partial charge on any atom is 0.573 e. The van der Waals surface area contributed by atoms with E-state index in [1.807, 2.05) is 0 Å². The van der Waals surface area contributed by atoms with Crippen molar-refractivity contribution in [2.75, 3.05) is 23.7 Å². The van der Waals surface area contributed by atoms with Gasteiger partial charge in [0.2, 0.25) is 0 Å². The minimum Gasteiger partial charge on any atom is -0.478 e. The predicted molar refractivity (Wildman–Crippen MR) is 267 cm³/mol. The summed E-state index contributed by atoms with van der Waals surface area (Å²) in [7, 11) is 0. The van der Waals surface area contributed by atoms with Crippen LogP contribution >= 0.6 is 0 Å². The Bertz CT molecular complexity index is 3640. The van der Waals surface area contributed by atoms with Crippen molar-refractivity contribution < 1.29 is 86.3 Å². The first-order valence-electron chi connectivity index (χ1n) is 23.9. The normalized spacial score (nSPS) is 13.1. The van der Waals surface area contributed by atoms with E-state index in [-0.39, 0.29) is 51.5 Å². The van der Waals surface area contributed by atoms with Crippen molar-refractivity contribution in [2.24, 2.45) is 0 Å². The number of hydrogen-bond acceptors (Lipinski definition) is 11. The molecule has 0 saturated heterocycles. The zero-order chi connectivity index (χ0) is 58.7. The van der Waals surface area contributed by atoms with E-state index in [2.05, 4.69) is 41.5 Å². The first-order chi connectivity index (χ1) is 38.0. The van der Waals surface area contributed by atoms with Gasteiger partial charge in [0.25, 0.3) is 5.91 Å². The molecule has 1 amide bonds. The Kier molecular flexibility index (Phi) is 16.3. The summed E-state index contributed by atoms with van der Waals surface area (Å²) in [5, 5.41) is 26.8. The molecule has 27 heteroatoms. The lowest BCUT2D eigenvalue weighted by atomic mass is 10.0. The number of carbonyl (C=O) groups excluding carboxylic acids is 1. The van der Waals surface area contributed by atoms with Crippen molar-refractivity contribution >= 4 is 34.5 Å². The molecule has 1 aliphatic carbocycles. The van der Waals surface area contributed by atoms with Crippen LogP contribution in [0.2, 0.25) is 0 Å². The van der Waals surface area contributed by atoms with Crippen molar-refractivity contribution in [2.45, 2.75) is 70.1 Å². The first-order valence-corrected chi connectivity index (χ1v) is 23.9. The number of pyridine rings is 2. The molecule has 4 aromatic heterocycles. The van der Waals surface area contributed by atoms with E-state index in [1.54, 1.807) is 53.0 Å². The number of hydrogen-bond donors (Lipinski definition) is 4. The van der Waals surface area contributed by atoms with Gasteiger partial charge in [-0.25, -0.2) is 14.8 Å². The molecule has 8 aromatic rings. The van der Waals surface area contributed by atoms with Crippen molar-refractivity contribution in [1.82, 2.24) is 24.1 Å². The lowest BCUT2D eigenvalue weighted by molar-refractivity contribution is -0.275. The molecule has 0 radical (unpaired) electrons. The Morgan fingerprint density at radius 3 is 1.33 bits per heavy atom. The number of alkyl halides is 12. The van der Waals surface area contributed by atoms with Crippen LogP contribution in [0.5, 0.6) is 34.5 Å². The maximum atomic E-state index is 12.8. The number of benzene rings is 4. The Balaban J connectivity index is 0.000000214. The number of aromatic carboxylic acids is 1. The SMILES string of the molecule is Cc1cc(-c2cnc3c(NCCC(F)(F)F)cc(Oc4ccc(OC(F)(F)F)cc4)cn23)ccc1C(=O)NC1(C#N)CC1.Cc1cc(-c2cnc3c(NCCC(F)(F)F)cc(Oc4ccc(OC(F)(F)F)cc4)cn23)ccc1C(=O)O. The number of anilines is 2. The molecule has 1 aliphatic rings. The topological polar surface area (TPSA) is 186 Å². The maximum absolute atomic E-state index is 12.8. The van der Waals surface area contributed by atoms with Gasteiger partial charge < -0.3 is 40.0 Å². The Morgan fingerprint density at radius 2 is 0.988 bits per heavy atom. The zero-order valence-electron chi connectivity index (χ0n) is 42.0. The molecule has 4 heterocycles. The Hall–Kier alpha value is -9.35. The highest BCUT2D eigenvalue weighted by Crippen LogP contribution is 2.38. The van der Waals surface area contributed by atoms with Gasteiger partial charge in [-0.05, 0) is 111 Å². The molecule has 15 nitrogen and oxygen atoms in total. The van der Waals surface area contributed by atoms with Crippen LogP contribution in [0.15, 0.2) is 122 Å². The number of amides is 1. The number of nitriles is 1. The number of carboxylic acids is 1. The molecule has 9 rings (SSSR count). The van der Waals surface area contributed by atoms with Crippen LogP contribution in [0.1, 0.15) is 57.5 Å². The van der Waals surface area contributed by atoms with Crippen molar-refractivity contribution in [3.8, 4) is 63.1 Å². The van der Waals surface area contributed by atoms with Gasteiger partial charge in [-0.3, -0.25) is 13.6 Å². The van der Waals surface area contributed by atoms with E-state index in [0.29, 0.717) is 57.7 Å². The van der Waals surface area contributed by atoms with Crippen LogP contribution in [0.4, 0.5) is 64.1 Å². The third-order valence-corrected chi connectivity index (χ3v) is 12.0. The quantitative estimate of drug-likeness (QED) is 0.0633. The summed E-state index contributed by atoms with van der Waals surface area (Å²) in [4.78, 5) is 32.8. The lowest BCUT2D eigenvalue weighted by Gasteiger charge is -2.15. The predicted octanol–water partition coefficient (Wildman–Crippen LogP) is 14.2. The van der Waals surface area contributed by atoms with Crippen LogP contribution in [-0.4, -0.2) is 79.5 Å². The van der Waals surface area contributed by atoms with E-state index in [0.717, 1.165) is 24.3 Å². The number of aromatic nitrogens is 4. The third kappa shape index (κ3) is 15.3. The fraction of sp³-hybridized carbons (Fsp3) is 0.241. The molecule has 1 saturated carbocycles. The largest absolute Gasteiger partial charge is 0.573 e. The second kappa shape index (κ2) is 22.8. The third-order valence-electron chi connectivity index (χ3n) is 12.0. The minimum absolute atomic E-state index is 0.110. The highest BCUT2D eigenvalue weighted by molar-refractivity contribution is 5.97. The average molecular weight is 1140 g/mol. The van der Waals surface area contributed by atoms with Crippen LogP contribution in [0.3, 0.4) is 0 Å². The molecule has 4 aromatic carbocycles. The zero-order valence-corrected chi connectivity index (χ0v) is 42.0. The number of carbonyl (C=O) groups is 2. The van der Waals surface area contributed by atoms with E-state index in [1.165, 1.54) is 67.3 Å². The van der Waals surface area contributed by atoms with Gasteiger partial charge in [0, 0.05) is 41.9 Å². The van der Waals surface area contributed by atoms with Crippen LogP contribution in [-0.2, 0) is 0 Å². The monoisotopic (exact) mass is 1140 g/mol. The molecule has 0 bridgehead atoms. The number of ether oxygens (including phenoxy) is 4. The summed E-state index contributed by atoms with van der Waals surface area (Å²) in [6.45, 7) is 2.47. The standard InChI is InChI=1S/C29H23F6N5O3.C25H19F6N3O4/c1-17-12-18(2-7-22(17)26(41)39-27(16-36)8-9-27)24-14-38-25-23(37-11-10-28(30,31)32)13-21(15-40(24)25)42-19-3-5-20(6-4-19)43-29(33,34)35;1-14-10-15(2-7-19(14)23(35)36)21-12-33-22-20(32-9-8-24(26,27)28)11-18(13-34(21)22)37-16-3-5-17(6-4-16)38-25(29,30)31/h2-7,12-15,37H,8-11H2,1H3,(H,39,41);2-7,10-13,32H,8-9H2,1H3,(H,35,36). The fourth-order valence-corrected chi connectivity index (χ4v) is 8.11. The van der Waals surface area contributed by atoms with Gasteiger partial charge in [-0.2, -0.15) is 31.6 Å². The van der Waals surface area contributed by atoms with Crippen molar-refractivity contribution in [1.29, 1.82) is 5.26 Å². The van der Waals surface area contributed by atoms with Crippen LogP contribution < -0.4 is 34.9 Å². The van der Waals surface area contributed by atoms with Gasteiger partial charge >= 0.3 is 31.0 Å². The molecule has 0 unspecified atom stereocenters. The molecule has 424 valence electrons. The number of nitrogens with one attached hydrogen (secondary N) is 3.